The lowest BCUT2D eigenvalue weighted by atomic mass is 10.0. The summed E-state index contributed by atoms with van der Waals surface area (Å²) in [5.41, 5.74) is 0. The van der Waals surface area contributed by atoms with Crippen LogP contribution in [-0.4, -0.2) is 93.1 Å². The van der Waals surface area contributed by atoms with Crippen LogP contribution in [0.2, 0.25) is 0 Å². The molecule has 0 unspecified atom stereocenters. The van der Waals surface area contributed by atoms with Gasteiger partial charge in [0.15, 0.2) is 0 Å². The topological polar surface area (TPSA) is 158 Å². The lowest BCUT2D eigenvalue weighted by molar-refractivity contribution is -0.242. The Morgan fingerprint density at radius 1 is 0.600 bits per heavy atom. The van der Waals surface area contributed by atoms with Crippen molar-refractivity contribution in [1.29, 1.82) is 0 Å². The Kier molecular flexibility index (Phi) is 6.09. The zero-order chi connectivity index (χ0) is 21.4. The molecule has 8 atom stereocenters. The molecule has 2 saturated heterocycles. The fourth-order valence-corrected chi connectivity index (χ4v) is 3.47. The minimum absolute atomic E-state index is 0.187. The maximum absolute atomic E-state index is 10.1. The van der Waals surface area contributed by atoms with Crippen LogP contribution in [0.4, 0.5) is 0 Å². The van der Waals surface area contributed by atoms with E-state index in [-0.39, 0.29) is 13.2 Å². The molecule has 164 valence electrons. The van der Waals surface area contributed by atoms with Gasteiger partial charge >= 0.3 is 0 Å². The third kappa shape index (κ3) is 3.96. The maximum atomic E-state index is 10.1. The van der Waals surface area contributed by atoms with Crippen LogP contribution in [0, 0.1) is 0 Å². The molecule has 0 aliphatic carbocycles. The Balaban J connectivity index is 1.58. The molecule has 6 N–H and O–H groups in total. The van der Waals surface area contributed by atoms with Crippen LogP contribution in [0.25, 0.3) is 10.8 Å². The minimum Gasteiger partial charge on any atom is -0.461 e. The van der Waals surface area contributed by atoms with Gasteiger partial charge in [-0.15, -0.1) is 0 Å². The molecule has 0 aromatic heterocycles. The number of hydrogen-bond acceptors (Lipinski definition) is 10. The number of hydrogen-bond donors (Lipinski definition) is 6. The Morgan fingerprint density at radius 2 is 1.00 bits per heavy atom. The molecule has 4 rings (SSSR count). The van der Waals surface area contributed by atoms with Crippen molar-refractivity contribution in [2.75, 3.05) is 13.2 Å². The van der Waals surface area contributed by atoms with Crippen LogP contribution in [0.5, 0.6) is 11.5 Å². The van der Waals surface area contributed by atoms with Crippen LogP contribution in [0.1, 0.15) is 0 Å². The summed E-state index contributed by atoms with van der Waals surface area (Å²) >= 11 is 0. The average molecular weight is 424 g/mol. The maximum Gasteiger partial charge on any atom is 0.228 e. The second-order valence-electron chi connectivity index (χ2n) is 7.34. The van der Waals surface area contributed by atoms with Crippen LogP contribution in [-0.2, 0) is 9.47 Å². The van der Waals surface area contributed by atoms with Crippen molar-refractivity contribution in [3.05, 3.63) is 36.4 Å². The molecule has 30 heavy (non-hydrogen) atoms. The van der Waals surface area contributed by atoms with Gasteiger partial charge < -0.3 is 49.6 Å². The summed E-state index contributed by atoms with van der Waals surface area (Å²) < 4.78 is 22.1. The number of ether oxygens (including phenoxy) is 4. The molecule has 0 amide bonds. The molecule has 10 heteroatoms. The summed E-state index contributed by atoms with van der Waals surface area (Å²) in [5.74, 6) is 0.678. The van der Waals surface area contributed by atoms with E-state index in [2.05, 4.69) is 0 Å². The second-order valence-corrected chi connectivity index (χ2v) is 7.34. The molecule has 2 heterocycles. The highest BCUT2D eigenvalue weighted by molar-refractivity contribution is 5.93. The van der Waals surface area contributed by atoms with Crippen LogP contribution < -0.4 is 9.47 Å². The smallest absolute Gasteiger partial charge is 0.228 e. The molecule has 2 aliphatic rings. The lowest BCUT2D eigenvalue weighted by Crippen LogP contribution is -2.54. The Labute approximate surface area is 171 Å². The van der Waals surface area contributed by atoms with Gasteiger partial charge in [-0.3, -0.25) is 0 Å². The zero-order valence-corrected chi connectivity index (χ0v) is 15.8. The van der Waals surface area contributed by atoms with E-state index >= 15 is 0 Å². The normalized spacial score (nSPS) is 37.1. The van der Waals surface area contributed by atoms with Crippen LogP contribution in [0.3, 0.4) is 0 Å². The number of aliphatic hydroxyl groups is 6. The van der Waals surface area contributed by atoms with Crippen molar-refractivity contribution in [2.45, 2.75) is 49.2 Å². The minimum atomic E-state index is -1.44. The Bertz CT molecular complexity index is 805. The quantitative estimate of drug-likeness (QED) is 0.340. The SMILES string of the molecule is O[C@@H]1[C@@H](O)[C@H](Oc2ccc(O[C@@H]3OC[C@@H](O)[C@H](O)[C@H]3O)c3ccccc23)OC[C@H]1O. The molecule has 10 nitrogen and oxygen atoms in total. The predicted octanol–water partition coefficient (Wildman–Crippen LogP) is -1.52. The van der Waals surface area contributed by atoms with E-state index in [4.69, 9.17) is 18.9 Å². The van der Waals surface area contributed by atoms with Gasteiger partial charge in [0.25, 0.3) is 0 Å². The first-order valence-electron chi connectivity index (χ1n) is 9.53. The molecule has 0 bridgehead atoms. The number of rotatable bonds is 4. The zero-order valence-electron chi connectivity index (χ0n) is 15.8. The van der Waals surface area contributed by atoms with E-state index in [0.29, 0.717) is 22.3 Å². The van der Waals surface area contributed by atoms with E-state index < -0.39 is 49.2 Å². The van der Waals surface area contributed by atoms with Crippen molar-refractivity contribution in [3.63, 3.8) is 0 Å². The van der Waals surface area contributed by atoms with Crippen LogP contribution in [0.15, 0.2) is 36.4 Å². The standard InChI is InChI=1S/C20H24O10/c21-11-7-27-19(17(25)15(11)23)29-13-5-6-14(10-4-2-1-3-9(10)13)30-20-18(26)16(24)12(22)8-28-20/h1-6,11-12,15-26H,7-8H2/t11-,12-,15+,16+,17-,18-,19+,20+/m1/s1. The molecule has 2 aromatic rings. The Hall–Kier alpha value is -2.02. The van der Waals surface area contributed by atoms with Gasteiger partial charge in [-0.25, -0.2) is 0 Å². The third-order valence-electron chi connectivity index (χ3n) is 5.24. The van der Waals surface area contributed by atoms with E-state index in [1.54, 1.807) is 36.4 Å². The fraction of sp³-hybridized carbons (Fsp3) is 0.500. The number of benzene rings is 2. The largest absolute Gasteiger partial charge is 0.461 e. The van der Waals surface area contributed by atoms with Gasteiger partial charge in [0, 0.05) is 10.8 Å². The van der Waals surface area contributed by atoms with Crippen molar-refractivity contribution in [3.8, 4) is 11.5 Å². The number of fused-ring (bicyclic) bond motifs is 1. The summed E-state index contributed by atoms with van der Waals surface area (Å²) in [6, 6.07) is 10.1. The first-order valence-corrected chi connectivity index (χ1v) is 9.53. The third-order valence-corrected chi connectivity index (χ3v) is 5.24. The Morgan fingerprint density at radius 3 is 1.40 bits per heavy atom. The molecular formula is C20H24O10. The highest BCUT2D eigenvalue weighted by atomic mass is 16.7. The van der Waals surface area contributed by atoms with Gasteiger partial charge in [0.05, 0.1) is 13.2 Å². The average Bonchev–Trinajstić information content (AvgIpc) is 2.75. The molecule has 2 fully saturated rings. The van der Waals surface area contributed by atoms with Crippen LogP contribution >= 0.6 is 0 Å². The van der Waals surface area contributed by atoms with Crippen molar-refractivity contribution >= 4 is 10.8 Å². The summed E-state index contributed by atoms with van der Waals surface area (Å²) in [7, 11) is 0. The lowest BCUT2D eigenvalue weighted by Gasteiger charge is -2.36. The first kappa shape index (κ1) is 21.2. The fourth-order valence-electron chi connectivity index (χ4n) is 3.47. The molecule has 0 radical (unpaired) electrons. The summed E-state index contributed by atoms with van der Waals surface area (Å²) in [6.45, 7) is -0.375. The van der Waals surface area contributed by atoms with Gasteiger partial charge in [0.2, 0.25) is 12.6 Å². The van der Waals surface area contributed by atoms with Gasteiger partial charge in [-0.1, -0.05) is 24.3 Å². The monoisotopic (exact) mass is 424 g/mol. The van der Waals surface area contributed by atoms with Gasteiger partial charge in [0.1, 0.15) is 48.1 Å². The van der Waals surface area contributed by atoms with Crippen molar-refractivity contribution < 1.29 is 49.6 Å². The van der Waals surface area contributed by atoms with E-state index in [1.165, 1.54) is 0 Å². The highest BCUT2D eigenvalue weighted by Gasteiger charge is 2.40. The van der Waals surface area contributed by atoms with Crippen molar-refractivity contribution in [1.82, 2.24) is 0 Å². The molecule has 0 saturated carbocycles. The molecule has 2 aromatic carbocycles. The van der Waals surface area contributed by atoms with Gasteiger partial charge in [-0.05, 0) is 12.1 Å². The summed E-state index contributed by atoms with van der Waals surface area (Å²) in [5, 5.41) is 60.3. The summed E-state index contributed by atoms with van der Waals surface area (Å²) in [6.07, 6.45) is -10.5. The van der Waals surface area contributed by atoms with Gasteiger partial charge in [-0.2, -0.15) is 0 Å². The predicted molar refractivity (Wildman–Crippen MR) is 101 cm³/mol. The second kappa shape index (κ2) is 8.61. The molecular weight excluding hydrogens is 400 g/mol. The van der Waals surface area contributed by atoms with E-state index in [0.717, 1.165) is 0 Å². The summed E-state index contributed by atoms with van der Waals surface area (Å²) in [4.78, 5) is 0. The number of aliphatic hydroxyl groups excluding tert-OH is 6. The first-order chi connectivity index (χ1) is 14.4. The van der Waals surface area contributed by atoms with Crippen molar-refractivity contribution in [2.24, 2.45) is 0 Å². The van der Waals surface area contributed by atoms with E-state index in [9.17, 15) is 30.6 Å². The van der Waals surface area contributed by atoms with E-state index in [1.807, 2.05) is 0 Å². The highest BCUT2D eigenvalue weighted by Crippen LogP contribution is 2.36. The molecule has 0 spiro atoms. The molecule has 2 aliphatic heterocycles.